The number of nitrogens with zero attached hydrogens (tertiary/aromatic N) is 2. The molecule has 0 saturated carbocycles. The average Bonchev–Trinajstić information content (AvgIpc) is 3.01. The molecule has 2 aliphatic rings. The molecule has 2 nitrogen and oxygen atoms in total. The molecule has 23 heavy (non-hydrogen) atoms. The molecule has 0 amide bonds. The van der Waals surface area contributed by atoms with Gasteiger partial charge in [-0.2, -0.15) is 0 Å². The van der Waals surface area contributed by atoms with Gasteiger partial charge in [-0.1, -0.05) is 24.6 Å². The number of likely N-dealkylation sites (tertiary alicyclic amines) is 2. The summed E-state index contributed by atoms with van der Waals surface area (Å²) in [5.41, 5.74) is 3.06. The first-order valence-corrected chi connectivity index (χ1v) is 9.69. The predicted molar refractivity (Wildman–Crippen MR) is 99.5 cm³/mol. The Balaban J connectivity index is 1.68. The van der Waals surface area contributed by atoms with Crippen LogP contribution in [0.2, 0.25) is 5.02 Å². The van der Waals surface area contributed by atoms with E-state index in [0.717, 1.165) is 10.9 Å². The van der Waals surface area contributed by atoms with Gasteiger partial charge in [0.25, 0.3) is 0 Å². The standard InChI is InChI=1S/C20H31ClN2/c1-16(15-23-9-3-4-10-23)13-18-14-19(21)5-6-20(18)17-7-11-22(2)12-8-17/h5-6,14,16-17H,3-4,7-13,15H2,1-2H3. The second-order valence-corrected chi connectivity index (χ2v) is 8.17. The molecule has 2 saturated heterocycles. The Morgan fingerprint density at radius 1 is 1.13 bits per heavy atom. The number of benzene rings is 1. The minimum Gasteiger partial charge on any atom is -0.306 e. The SMILES string of the molecule is CC(Cc1cc(Cl)ccc1C1CCN(C)CC1)CN1CCCC1. The summed E-state index contributed by atoms with van der Waals surface area (Å²) < 4.78 is 0. The van der Waals surface area contributed by atoms with Crippen LogP contribution in [0.5, 0.6) is 0 Å². The van der Waals surface area contributed by atoms with Crippen LogP contribution in [-0.4, -0.2) is 49.6 Å². The van der Waals surface area contributed by atoms with Crippen molar-refractivity contribution < 1.29 is 0 Å². The molecule has 0 N–H and O–H groups in total. The Kier molecular flexibility index (Phi) is 6.01. The molecule has 3 rings (SSSR count). The molecular weight excluding hydrogens is 304 g/mol. The highest BCUT2D eigenvalue weighted by Crippen LogP contribution is 2.32. The molecule has 1 atom stereocenters. The van der Waals surface area contributed by atoms with Crippen LogP contribution in [0.4, 0.5) is 0 Å². The van der Waals surface area contributed by atoms with E-state index in [9.17, 15) is 0 Å². The van der Waals surface area contributed by atoms with Gasteiger partial charge in [-0.25, -0.2) is 0 Å². The summed E-state index contributed by atoms with van der Waals surface area (Å²) in [6, 6.07) is 6.62. The largest absolute Gasteiger partial charge is 0.306 e. The fraction of sp³-hybridized carbons (Fsp3) is 0.700. The maximum Gasteiger partial charge on any atom is 0.0408 e. The summed E-state index contributed by atoms with van der Waals surface area (Å²) in [7, 11) is 2.23. The van der Waals surface area contributed by atoms with Crippen molar-refractivity contribution in [3.05, 3.63) is 34.3 Å². The van der Waals surface area contributed by atoms with Crippen molar-refractivity contribution in [1.82, 2.24) is 9.80 Å². The lowest BCUT2D eigenvalue weighted by atomic mass is 9.84. The van der Waals surface area contributed by atoms with Gasteiger partial charge >= 0.3 is 0 Å². The van der Waals surface area contributed by atoms with Gasteiger partial charge in [-0.15, -0.1) is 0 Å². The van der Waals surface area contributed by atoms with Crippen LogP contribution < -0.4 is 0 Å². The molecule has 1 aromatic rings. The number of hydrogen-bond acceptors (Lipinski definition) is 2. The summed E-state index contributed by atoms with van der Waals surface area (Å²) in [4.78, 5) is 5.08. The minimum absolute atomic E-state index is 0.705. The van der Waals surface area contributed by atoms with E-state index < -0.39 is 0 Å². The first-order valence-electron chi connectivity index (χ1n) is 9.31. The molecule has 128 valence electrons. The van der Waals surface area contributed by atoms with Crippen molar-refractivity contribution >= 4 is 11.6 Å². The Morgan fingerprint density at radius 2 is 1.83 bits per heavy atom. The minimum atomic E-state index is 0.705. The zero-order valence-corrected chi connectivity index (χ0v) is 15.5. The van der Waals surface area contributed by atoms with E-state index in [2.05, 4.69) is 42.0 Å². The third kappa shape index (κ3) is 4.71. The zero-order chi connectivity index (χ0) is 16.2. The molecule has 1 aromatic carbocycles. The molecule has 2 heterocycles. The smallest absolute Gasteiger partial charge is 0.0408 e. The number of rotatable bonds is 5. The summed E-state index contributed by atoms with van der Waals surface area (Å²) in [6.07, 6.45) is 6.49. The first kappa shape index (κ1) is 17.3. The normalized spacial score (nSPS) is 22.6. The van der Waals surface area contributed by atoms with E-state index in [1.54, 1.807) is 5.56 Å². The van der Waals surface area contributed by atoms with Crippen molar-refractivity contribution in [3.8, 4) is 0 Å². The number of piperidine rings is 1. The van der Waals surface area contributed by atoms with Crippen LogP contribution in [0.3, 0.4) is 0 Å². The molecule has 3 heteroatoms. The van der Waals surface area contributed by atoms with Crippen LogP contribution in [0, 0.1) is 5.92 Å². The monoisotopic (exact) mass is 334 g/mol. The molecule has 2 aliphatic heterocycles. The highest BCUT2D eigenvalue weighted by molar-refractivity contribution is 6.30. The Morgan fingerprint density at radius 3 is 2.52 bits per heavy atom. The van der Waals surface area contributed by atoms with E-state index in [1.165, 1.54) is 70.4 Å². The quantitative estimate of drug-likeness (QED) is 0.786. The van der Waals surface area contributed by atoms with Crippen LogP contribution in [0.15, 0.2) is 18.2 Å². The fourth-order valence-corrected chi connectivity index (χ4v) is 4.51. The average molecular weight is 335 g/mol. The molecule has 0 aliphatic carbocycles. The Bertz CT molecular complexity index is 502. The van der Waals surface area contributed by atoms with Gasteiger partial charge in [0.2, 0.25) is 0 Å². The van der Waals surface area contributed by atoms with Crippen LogP contribution in [0.25, 0.3) is 0 Å². The van der Waals surface area contributed by atoms with Crippen LogP contribution in [0.1, 0.15) is 49.7 Å². The summed E-state index contributed by atoms with van der Waals surface area (Å²) >= 11 is 6.31. The lowest BCUT2D eigenvalue weighted by Crippen LogP contribution is -2.30. The lowest BCUT2D eigenvalue weighted by Gasteiger charge is -2.31. The summed E-state index contributed by atoms with van der Waals surface area (Å²) in [5, 5.41) is 0.894. The maximum atomic E-state index is 6.31. The fourth-order valence-electron chi connectivity index (χ4n) is 4.31. The molecule has 2 fully saturated rings. The highest BCUT2D eigenvalue weighted by atomic mass is 35.5. The van der Waals surface area contributed by atoms with E-state index >= 15 is 0 Å². The Hall–Kier alpha value is -0.570. The van der Waals surface area contributed by atoms with Gasteiger partial charge in [0.1, 0.15) is 0 Å². The van der Waals surface area contributed by atoms with Crippen LogP contribution >= 0.6 is 11.6 Å². The van der Waals surface area contributed by atoms with Crippen molar-refractivity contribution in [2.45, 2.75) is 44.9 Å². The van der Waals surface area contributed by atoms with Gasteiger partial charge in [0.05, 0.1) is 0 Å². The van der Waals surface area contributed by atoms with Gasteiger partial charge in [0.15, 0.2) is 0 Å². The first-order chi connectivity index (χ1) is 11.1. The van der Waals surface area contributed by atoms with E-state index in [4.69, 9.17) is 11.6 Å². The predicted octanol–water partition coefficient (Wildman–Crippen LogP) is 4.42. The summed E-state index contributed by atoms with van der Waals surface area (Å²) in [5.74, 6) is 1.43. The van der Waals surface area contributed by atoms with Crippen molar-refractivity contribution in [2.24, 2.45) is 5.92 Å². The number of halogens is 1. The summed E-state index contributed by atoms with van der Waals surface area (Å²) in [6.45, 7) is 8.66. The third-order valence-corrected chi connectivity index (χ3v) is 5.84. The topological polar surface area (TPSA) is 6.48 Å². The van der Waals surface area contributed by atoms with Gasteiger partial charge < -0.3 is 9.80 Å². The van der Waals surface area contributed by atoms with Gasteiger partial charge in [-0.3, -0.25) is 0 Å². The molecule has 0 spiro atoms. The van der Waals surface area contributed by atoms with Crippen LogP contribution in [-0.2, 0) is 6.42 Å². The van der Waals surface area contributed by atoms with Crippen molar-refractivity contribution in [3.63, 3.8) is 0 Å². The van der Waals surface area contributed by atoms with Gasteiger partial charge in [0, 0.05) is 11.6 Å². The molecule has 0 aromatic heterocycles. The van der Waals surface area contributed by atoms with E-state index in [0.29, 0.717) is 5.92 Å². The van der Waals surface area contributed by atoms with Gasteiger partial charge in [-0.05, 0) is 100 Å². The van der Waals surface area contributed by atoms with Crippen molar-refractivity contribution in [2.75, 3.05) is 39.8 Å². The molecular formula is C20H31ClN2. The second-order valence-electron chi connectivity index (χ2n) is 7.74. The molecule has 0 bridgehead atoms. The lowest BCUT2D eigenvalue weighted by molar-refractivity contribution is 0.254. The molecule has 0 radical (unpaired) electrons. The third-order valence-electron chi connectivity index (χ3n) is 5.60. The van der Waals surface area contributed by atoms with E-state index in [-0.39, 0.29) is 0 Å². The highest BCUT2D eigenvalue weighted by Gasteiger charge is 2.22. The van der Waals surface area contributed by atoms with E-state index in [1.807, 2.05) is 0 Å². The Labute approximate surface area is 146 Å². The maximum absolute atomic E-state index is 6.31. The molecule has 1 unspecified atom stereocenters. The number of hydrogen-bond donors (Lipinski definition) is 0. The van der Waals surface area contributed by atoms with Crippen molar-refractivity contribution in [1.29, 1.82) is 0 Å². The zero-order valence-electron chi connectivity index (χ0n) is 14.7. The second kappa shape index (κ2) is 8.00.